The Labute approximate surface area is 185 Å². The van der Waals surface area contributed by atoms with Crippen molar-refractivity contribution in [2.45, 2.75) is 18.9 Å². The molecule has 6 heteroatoms. The lowest BCUT2D eigenvalue weighted by Gasteiger charge is -2.19. The summed E-state index contributed by atoms with van der Waals surface area (Å²) in [5.41, 5.74) is 3.90. The van der Waals surface area contributed by atoms with Crippen LogP contribution >= 0.6 is 11.6 Å². The fourth-order valence-corrected chi connectivity index (χ4v) is 4.50. The summed E-state index contributed by atoms with van der Waals surface area (Å²) >= 11 is 6.42. The largest absolute Gasteiger partial charge is 0.497 e. The van der Waals surface area contributed by atoms with E-state index >= 15 is 0 Å². The third kappa shape index (κ3) is 3.66. The average Bonchev–Trinajstić information content (AvgIpc) is 3.35. The maximum atomic E-state index is 13.0. The van der Waals surface area contributed by atoms with Gasteiger partial charge in [0.05, 0.1) is 28.9 Å². The Morgan fingerprint density at radius 3 is 2.65 bits per heavy atom. The van der Waals surface area contributed by atoms with Crippen LogP contribution in [-0.2, 0) is 11.3 Å². The molecule has 31 heavy (non-hydrogen) atoms. The minimum absolute atomic E-state index is 0.0223. The van der Waals surface area contributed by atoms with Crippen molar-refractivity contribution in [3.63, 3.8) is 0 Å². The van der Waals surface area contributed by atoms with Gasteiger partial charge >= 0.3 is 0 Å². The highest BCUT2D eigenvalue weighted by Crippen LogP contribution is 2.38. The number of imidazole rings is 1. The predicted octanol–water partition coefficient (Wildman–Crippen LogP) is 5.27. The van der Waals surface area contributed by atoms with E-state index in [1.807, 2.05) is 42.5 Å². The fraction of sp³-hybridized carbons (Fsp3) is 0.200. The molecular formula is C25H22ClN3O2. The van der Waals surface area contributed by atoms with Crippen molar-refractivity contribution < 1.29 is 9.53 Å². The normalized spacial score (nSPS) is 16.3. The summed E-state index contributed by atoms with van der Waals surface area (Å²) in [5, 5.41) is 0.535. The van der Waals surface area contributed by atoms with Crippen molar-refractivity contribution in [2.24, 2.45) is 0 Å². The molecule has 0 saturated carbocycles. The van der Waals surface area contributed by atoms with Crippen molar-refractivity contribution in [3.8, 4) is 5.75 Å². The van der Waals surface area contributed by atoms with Crippen LogP contribution in [0.2, 0.25) is 5.02 Å². The highest BCUT2D eigenvalue weighted by Gasteiger charge is 2.35. The second-order valence-electron chi connectivity index (χ2n) is 7.75. The zero-order valence-electron chi connectivity index (χ0n) is 17.2. The molecule has 3 aromatic carbocycles. The van der Waals surface area contributed by atoms with Gasteiger partial charge < -0.3 is 14.2 Å². The van der Waals surface area contributed by atoms with Crippen molar-refractivity contribution in [3.05, 3.63) is 89.2 Å². The first kappa shape index (κ1) is 19.6. The molecule has 0 aliphatic carbocycles. The number of carbonyl (C=O) groups excluding carboxylic acids is 1. The molecule has 5 rings (SSSR count). The fourth-order valence-electron chi connectivity index (χ4n) is 4.28. The molecule has 0 N–H and O–H groups in total. The number of methoxy groups -OCH3 is 1. The number of anilines is 1. The van der Waals surface area contributed by atoms with Crippen LogP contribution in [0.3, 0.4) is 0 Å². The van der Waals surface area contributed by atoms with Gasteiger partial charge in [0.25, 0.3) is 0 Å². The minimum atomic E-state index is -0.0223. The van der Waals surface area contributed by atoms with E-state index in [4.69, 9.17) is 21.3 Å². The van der Waals surface area contributed by atoms with E-state index in [-0.39, 0.29) is 11.8 Å². The number of aromatic nitrogens is 2. The van der Waals surface area contributed by atoms with E-state index in [0.29, 0.717) is 36.0 Å². The number of benzene rings is 3. The zero-order valence-corrected chi connectivity index (χ0v) is 17.9. The molecule has 1 atom stereocenters. The highest BCUT2D eigenvalue weighted by molar-refractivity contribution is 6.34. The molecule has 0 radical (unpaired) electrons. The SMILES string of the molecule is COc1ccc(Cl)c(N2CC(c3nc4ccccc4n3Cc3ccccc3)CC2=O)c1. The van der Waals surface area contributed by atoms with E-state index in [9.17, 15) is 4.79 Å². The van der Waals surface area contributed by atoms with Crippen LogP contribution in [-0.4, -0.2) is 29.1 Å². The maximum Gasteiger partial charge on any atom is 0.227 e. The van der Waals surface area contributed by atoms with Gasteiger partial charge in [-0.2, -0.15) is 0 Å². The number of amides is 1. The molecule has 156 valence electrons. The van der Waals surface area contributed by atoms with E-state index < -0.39 is 0 Å². The first-order valence-electron chi connectivity index (χ1n) is 10.3. The number of hydrogen-bond donors (Lipinski definition) is 0. The number of ether oxygens (including phenoxy) is 1. The predicted molar refractivity (Wildman–Crippen MR) is 123 cm³/mol. The number of para-hydroxylation sites is 2. The molecule has 1 aromatic heterocycles. The zero-order chi connectivity index (χ0) is 21.4. The second kappa shape index (κ2) is 8.08. The standard InChI is InChI=1S/C25H22ClN3O2/c1-31-19-11-12-20(26)23(14-19)28-16-18(13-24(28)30)25-27-21-9-5-6-10-22(21)29(25)15-17-7-3-2-4-8-17/h2-12,14,18H,13,15-16H2,1H3. The molecule has 4 aromatic rings. The molecule has 1 aliphatic heterocycles. The summed E-state index contributed by atoms with van der Waals surface area (Å²) in [6, 6.07) is 23.8. The second-order valence-corrected chi connectivity index (χ2v) is 8.16. The third-order valence-electron chi connectivity index (χ3n) is 5.80. The molecular weight excluding hydrogens is 410 g/mol. The lowest BCUT2D eigenvalue weighted by atomic mass is 10.1. The van der Waals surface area contributed by atoms with Gasteiger partial charge in [0, 0.05) is 31.5 Å². The Morgan fingerprint density at radius 2 is 1.84 bits per heavy atom. The number of hydrogen-bond acceptors (Lipinski definition) is 3. The van der Waals surface area contributed by atoms with Crippen molar-refractivity contribution in [1.82, 2.24) is 9.55 Å². The topological polar surface area (TPSA) is 47.4 Å². The van der Waals surface area contributed by atoms with Crippen molar-refractivity contribution >= 4 is 34.2 Å². The van der Waals surface area contributed by atoms with Gasteiger partial charge in [-0.3, -0.25) is 4.79 Å². The van der Waals surface area contributed by atoms with Crippen LogP contribution in [0.5, 0.6) is 5.75 Å². The number of rotatable bonds is 5. The summed E-state index contributed by atoms with van der Waals surface area (Å²) in [6.45, 7) is 1.24. The molecule has 1 fully saturated rings. The molecule has 1 saturated heterocycles. The van der Waals surface area contributed by atoms with Crippen LogP contribution in [0, 0.1) is 0 Å². The van der Waals surface area contributed by atoms with Gasteiger partial charge in [-0.1, -0.05) is 54.1 Å². The summed E-state index contributed by atoms with van der Waals surface area (Å²) in [6.07, 6.45) is 0.394. The first-order valence-corrected chi connectivity index (χ1v) is 10.6. The number of carbonyl (C=O) groups is 1. The Morgan fingerprint density at radius 1 is 1.06 bits per heavy atom. The van der Waals surface area contributed by atoms with Gasteiger partial charge in [-0.15, -0.1) is 0 Å². The van der Waals surface area contributed by atoms with E-state index in [2.05, 4.69) is 22.8 Å². The lowest BCUT2D eigenvalue weighted by Crippen LogP contribution is -2.25. The van der Waals surface area contributed by atoms with Gasteiger partial charge in [0.2, 0.25) is 5.91 Å². The Hall–Kier alpha value is -3.31. The quantitative estimate of drug-likeness (QED) is 0.432. The highest BCUT2D eigenvalue weighted by atomic mass is 35.5. The minimum Gasteiger partial charge on any atom is -0.497 e. The number of nitrogens with zero attached hydrogens (tertiary/aromatic N) is 3. The van der Waals surface area contributed by atoms with Crippen molar-refractivity contribution in [2.75, 3.05) is 18.6 Å². The number of halogens is 1. The summed E-state index contributed by atoms with van der Waals surface area (Å²) < 4.78 is 7.56. The Kier molecular flexibility index (Phi) is 5.12. The van der Waals surface area contributed by atoms with Crippen LogP contribution < -0.4 is 9.64 Å². The summed E-state index contributed by atoms with van der Waals surface area (Å²) in [5.74, 6) is 1.62. The molecule has 5 nitrogen and oxygen atoms in total. The van der Waals surface area contributed by atoms with E-state index in [0.717, 1.165) is 16.9 Å². The molecule has 1 amide bonds. The molecule has 1 unspecified atom stereocenters. The van der Waals surface area contributed by atoms with Crippen LogP contribution in [0.15, 0.2) is 72.8 Å². The van der Waals surface area contributed by atoms with E-state index in [1.54, 1.807) is 24.1 Å². The maximum absolute atomic E-state index is 13.0. The smallest absolute Gasteiger partial charge is 0.227 e. The molecule has 2 heterocycles. The third-order valence-corrected chi connectivity index (χ3v) is 6.12. The van der Waals surface area contributed by atoms with E-state index in [1.165, 1.54) is 5.56 Å². The molecule has 1 aliphatic rings. The van der Waals surface area contributed by atoms with Gasteiger partial charge in [-0.05, 0) is 29.8 Å². The monoisotopic (exact) mass is 431 g/mol. The van der Waals surface area contributed by atoms with Crippen LogP contribution in [0.25, 0.3) is 11.0 Å². The summed E-state index contributed by atoms with van der Waals surface area (Å²) in [4.78, 5) is 19.7. The lowest BCUT2D eigenvalue weighted by molar-refractivity contribution is -0.117. The Balaban J connectivity index is 1.53. The first-order chi connectivity index (χ1) is 15.1. The Bertz CT molecular complexity index is 1250. The van der Waals surface area contributed by atoms with Gasteiger partial charge in [0.15, 0.2) is 0 Å². The van der Waals surface area contributed by atoms with Gasteiger partial charge in [-0.25, -0.2) is 4.98 Å². The summed E-state index contributed by atoms with van der Waals surface area (Å²) in [7, 11) is 1.60. The molecule has 0 spiro atoms. The van der Waals surface area contributed by atoms with Crippen molar-refractivity contribution in [1.29, 1.82) is 0 Å². The average molecular weight is 432 g/mol. The van der Waals surface area contributed by atoms with Crippen LogP contribution in [0.4, 0.5) is 5.69 Å². The van der Waals surface area contributed by atoms with Gasteiger partial charge in [0.1, 0.15) is 11.6 Å². The number of fused-ring (bicyclic) bond motifs is 1. The van der Waals surface area contributed by atoms with Crippen LogP contribution in [0.1, 0.15) is 23.7 Å². The molecule has 0 bridgehead atoms.